The van der Waals surface area contributed by atoms with Crippen LogP contribution in [0.1, 0.15) is 143 Å². The number of nitrogens with zero attached hydrogens (tertiary/aromatic N) is 4. The van der Waals surface area contributed by atoms with Crippen molar-refractivity contribution in [3.8, 4) is 11.5 Å². The fourth-order valence-electron chi connectivity index (χ4n) is 11.2. The zero-order valence-electron chi connectivity index (χ0n) is 46.7. The van der Waals surface area contributed by atoms with Crippen LogP contribution >= 0.6 is 15.9 Å². The van der Waals surface area contributed by atoms with E-state index in [0.717, 1.165) is 94.5 Å². The first-order valence-corrected chi connectivity index (χ1v) is 27.9. The number of fused-ring (bicyclic) bond motifs is 2. The van der Waals surface area contributed by atoms with Gasteiger partial charge in [0.2, 0.25) is 11.2 Å². The van der Waals surface area contributed by atoms with Crippen LogP contribution in [0.2, 0.25) is 0 Å². The van der Waals surface area contributed by atoms with Gasteiger partial charge in [0.15, 0.2) is 0 Å². The number of carbonyl (C=O) groups excluding carboxylic acids is 6. The summed E-state index contributed by atoms with van der Waals surface area (Å²) >= 11 is 3.53. The predicted octanol–water partition coefficient (Wildman–Crippen LogP) is 11.4. The van der Waals surface area contributed by atoms with Gasteiger partial charge in [-0.25, -0.2) is 27.2 Å². The molecule has 2 aliphatic carbocycles. The van der Waals surface area contributed by atoms with Gasteiger partial charge in [-0.05, 0) is 144 Å². The minimum Gasteiger partial charge on any atom is -0.471 e. The fraction of sp³-hybridized carbons (Fsp3) is 0.492. The van der Waals surface area contributed by atoms with Crippen LogP contribution in [0, 0.1) is 30.2 Å². The third-order valence-electron chi connectivity index (χ3n) is 15.3. The lowest BCUT2D eigenvalue weighted by Gasteiger charge is -2.42. The summed E-state index contributed by atoms with van der Waals surface area (Å²) in [6.45, 7) is 12.7. The molecule has 2 unspecified atom stereocenters. The van der Waals surface area contributed by atoms with Gasteiger partial charge in [-0.1, -0.05) is 38.5 Å². The lowest BCUT2D eigenvalue weighted by atomic mass is 9.90. The highest BCUT2D eigenvalue weighted by Gasteiger charge is 2.49. The van der Waals surface area contributed by atoms with Crippen molar-refractivity contribution in [1.82, 2.24) is 20.4 Å². The molecule has 0 radical (unpaired) electrons. The SMILES string of the molecule is COC(=O)NCCN1C(=O)C(C)(c2cc(F)cc(F)c2)Oc2cc(Br)c(C(=O)N(C(C)C)C3CCCCC3)cc21.COC(=O)NCCN1C(=O)C(C)(c2cc(F)cc(F)c2)Oc2cc(C)c(C(=O)N(C(C)C)C3CCCCC3)cc21. The first kappa shape index (κ1) is 60.7. The van der Waals surface area contributed by atoms with E-state index in [-0.39, 0.29) is 84.8 Å². The van der Waals surface area contributed by atoms with E-state index in [9.17, 15) is 46.3 Å². The van der Waals surface area contributed by atoms with Gasteiger partial charge in [-0.3, -0.25) is 19.2 Å². The first-order chi connectivity index (χ1) is 37.9. The standard InChI is InChI=1S/C30H37F2N3O5.C29H34BrF2N3O5/c1-18(2)35(23-9-7-6-8-10-23)27(36)24-17-25-26(13-19(24)3)40-30(4,20-14-21(31)16-22(32)15-20)28(37)34(25)12-11-33-29(38)39-5;1-17(2)35(21-8-6-5-7-9-21)26(36)22-15-24-25(16-23(22)30)40-29(3,18-12-19(31)14-20(32)13-18)27(37)34(24)11-10-33-28(38)39-4/h13-18,23H,6-12H2,1-5H3,(H,33,38);12-17,21H,5-11H2,1-4H3,(H,33,38). The molecule has 2 saturated carbocycles. The number of ether oxygens (including phenoxy) is 4. The van der Waals surface area contributed by atoms with Crippen LogP contribution < -0.4 is 29.9 Å². The van der Waals surface area contributed by atoms with Crippen molar-refractivity contribution in [3.63, 3.8) is 0 Å². The van der Waals surface area contributed by atoms with Crippen LogP contribution in [0.3, 0.4) is 0 Å². The van der Waals surface area contributed by atoms with E-state index in [1.165, 1.54) is 37.9 Å². The minimum absolute atomic E-state index is 0.00485. The van der Waals surface area contributed by atoms with Gasteiger partial charge < -0.3 is 49.2 Å². The molecule has 8 rings (SSSR count). The minimum atomic E-state index is -1.78. The van der Waals surface area contributed by atoms with Gasteiger partial charge in [-0.15, -0.1) is 0 Å². The maximum absolute atomic E-state index is 14.2. The molecule has 2 N–H and O–H groups in total. The molecule has 21 heteroatoms. The molecule has 2 heterocycles. The number of methoxy groups -OCH3 is 2. The Balaban J connectivity index is 0.000000231. The van der Waals surface area contributed by atoms with E-state index in [4.69, 9.17) is 9.47 Å². The molecule has 80 heavy (non-hydrogen) atoms. The van der Waals surface area contributed by atoms with Gasteiger partial charge in [0, 0.05) is 83.6 Å². The number of benzene rings is 4. The summed E-state index contributed by atoms with van der Waals surface area (Å²) in [6, 6.07) is 12.4. The van der Waals surface area contributed by atoms with E-state index in [0.29, 0.717) is 38.6 Å². The Morgan fingerprint density at radius 2 is 0.963 bits per heavy atom. The maximum atomic E-state index is 14.2. The summed E-state index contributed by atoms with van der Waals surface area (Å²) in [7, 11) is 2.45. The normalized spacial score (nSPS) is 19.2. The zero-order valence-corrected chi connectivity index (χ0v) is 48.3. The zero-order chi connectivity index (χ0) is 58.4. The van der Waals surface area contributed by atoms with Crippen molar-refractivity contribution in [3.05, 3.63) is 116 Å². The molecule has 0 saturated heterocycles. The molecular weight excluding hydrogens is 1110 g/mol. The van der Waals surface area contributed by atoms with Crippen molar-refractivity contribution in [1.29, 1.82) is 0 Å². The predicted molar refractivity (Wildman–Crippen MR) is 296 cm³/mol. The van der Waals surface area contributed by atoms with Crippen LogP contribution in [0.25, 0.3) is 0 Å². The van der Waals surface area contributed by atoms with Crippen LogP contribution in [0.4, 0.5) is 38.5 Å². The van der Waals surface area contributed by atoms with Crippen molar-refractivity contribution >= 4 is 63.1 Å². The van der Waals surface area contributed by atoms with E-state index in [1.54, 1.807) is 31.2 Å². The van der Waals surface area contributed by atoms with E-state index >= 15 is 0 Å². The van der Waals surface area contributed by atoms with Crippen molar-refractivity contribution in [2.24, 2.45) is 0 Å². The molecule has 4 aliphatic rings. The number of halogens is 5. The summed E-state index contributed by atoms with van der Waals surface area (Å²) in [5, 5.41) is 5.09. The number of carbonyl (C=O) groups is 6. The Morgan fingerprint density at radius 3 is 1.34 bits per heavy atom. The van der Waals surface area contributed by atoms with Gasteiger partial charge in [-0.2, -0.15) is 0 Å². The summed E-state index contributed by atoms with van der Waals surface area (Å²) in [5.41, 5.74) is -1.43. The van der Waals surface area contributed by atoms with Gasteiger partial charge in [0.25, 0.3) is 23.6 Å². The number of alkyl carbamates (subject to hydrolysis) is 2. The molecule has 432 valence electrons. The first-order valence-electron chi connectivity index (χ1n) is 27.1. The van der Waals surface area contributed by atoms with Gasteiger partial charge in [0.05, 0.1) is 31.2 Å². The molecule has 0 aromatic heterocycles. The summed E-state index contributed by atoms with van der Waals surface area (Å²) < 4.78 is 78.8. The molecule has 6 amide bonds. The lowest BCUT2D eigenvalue weighted by molar-refractivity contribution is -0.135. The highest BCUT2D eigenvalue weighted by atomic mass is 79.9. The van der Waals surface area contributed by atoms with Gasteiger partial charge >= 0.3 is 12.2 Å². The van der Waals surface area contributed by atoms with Crippen LogP contribution in [0.5, 0.6) is 11.5 Å². The molecule has 16 nitrogen and oxygen atoms in total. The van der Waals surface area contributed by atoms with Crippen molar-refractivity contribution in [2.45, 2.75) is 148 Å². The quantitative estimate of drug-likeness (QED) is 0.116. The average Bonchev–Trinajstić information content (AvgIpc) is 3.57. The van der Waals surface area contributed by atoms with Gasteiger partial charge in [0.1, 0.15) is 34.8 Å². The van der Waals surface area contributed by atoms with E-state index < -0.39 is 58.5 Å². The Bertz CT molecular complexity index is 2750. The second kappa shape index (κ2) is 25.7. The Hall–Kier alpha value is -6.90. The number of nitrogens with one attached hydrogen (secondary N) is 2. The maximum Gasteiger partial charge on any atom is 0.406 e. The van der Waals surface area contributed by atoms with E-state index in [1.807, 2.05) is 37.5 Å². The monoisotopic (exact) mass is 1180 g/mol. The molecule has 4 aromatic carbocycles. The topological polar surface area (TPSA) is 176 Å². The van der Waals surface area contributed by atoms with Crippen molar-refractivity contribution in [2.75, 3.05) is 50.2 Å². The molecular formula is C59H71BrF4N6O10. The number of rotatable bonds is 14. The van der Waals surface area contributed by atoms with Crippen LogP contribution in [-0.2, 0) is 30.3 Å². The van der Waals surface area contributed by atoms with Crippen LogP contribution in [-0.4, -0.2) is 110 Å². The number of hydrogen-bond donors (Lipinski definition) is 2. The number of amides is 6. The largest absolute Gasteiger partial charge is 0.471 e. The second-order valence-electron chi connectivity index (χ2n) is 21.5. The highest BCUT2D eigenvalue weighted by Crippen LogP contribution is 2.47. The summed E-state index contributed by atoms with van der Waals surface area (Å²) in [6.07, 6.45) is 9.01. The molecule has 0 bridgehead atoms. The average molecular weight is 1180 g/mol. The third-order valence-corrected chi connectivity index (χ3v) is 15.9. The fourth-order valence-corrected chi connectivity index (χ4v) is 11.7. The number of anilines is 2. The molecule has 4 aromatic rings. The smallest absolute Gasteiger partial charge is 0.406 e. The lowest BCUT2D eigenvalue weighted by Crippen LogP contribution is -2.54. The molecule has 0 spiro atoms. The Kier molecular flexibility index (Phi) is 19.5. The van der Waals surface area contributed by atoms with Crippen molar-refractivity contribution < 1.29 is 65.3 Å². The highest BCUT2D eigenvalue weighted by molar-refractivity contribution is 9.10. The Morgan fingerprint density at radius 1 is 0.600 bits per heavy atom. The number of hydrogen-bond acceptors (Lipinski definition) is 10. The number of aryl methyl sites for hydroxylation is 1. The molecule has 2 aliphatic heterocycles. The summed E-state index contributed by atoms with van der Waals surface area (Å²) in [4.78, 5) is 85.7. The molecule has 2 atom stereocenters. The Labute approximate surface area is 472 Å². The second-order valence-corrected chi connectivity index (χ2v) is 22.3. The molecule has 2 fully saturated rings. The van der Waals surface area contributed by atoms with E-state index in [2.05, 4.69) is 36.0 Å². The summed E-state index contributed by atoms with van der Waals surface area (Å²) in [5.74, 6) is -4.35. The third kappa shape index (κ3) is 13.1. The van der Waals surface area contributed by atoms with Crippen LogP contribution in [0.15, 0.2) is 65.1 Å².